The fourth-order valence-electron chi connectivity index (χ4n) is 3.22. The van der Waals surface area contributed by atoms with E-state index in [1.54, 1.807) is 25.9 Å². The minimum absolute atomic E-state index is 0.0516. The van der Waals surface area contributed by atoms with Crippen molar-refractivity contribution < 1.29 is 19.1 Å². The Balaban J connectivity index is 5.07. The first-order chi connectivity index (χ1) is 14.3. The molecular weight excluding hydrogens is 402 g/mol. The van der Waals surface area contributed by atoms with Crippen molar-refractivity contribution in [1.29, 1.82) is 0 Å². The van der Waals surface area contributed by atoms with Gasteiger partial charge in [0.25, 0.3) is 0 Å². The summed E-state index contributed by atoms with van der Waals surface area (Å²) >= 11 is 1.70. The molecule has 0 heterocycles. The first kappa shape index (κ1) is 29.0. The van der Waals surface area contributed by atoms with E-state index >= 15 is 0 Å². The Morgan fingerprint density at radius 3 is 2.30 bits per heavy atom. The Bertz CT molecular complexity index is 503. The van der Waals surface area contributed by atoms with Gasteiger partial charge >= 0.3 is 0 Å². The predicted molar refractivity (Wildman–Crippen MR) is 125 cm³/mol. The molecule has 0 aliphatic carbocycles. The Kier molecular flexibility index (Phi) is 17.1. The molecular formula is C22H43N3O4S. The monoisotopic (exact) mass is 445 g/mol. The van der Waals surface area contributed by atoms with Gasteiger partial charge in [-0.2, -0.15) is 11.8 Å². The number of nitrogens with one attached hydrogen (secondary N) is 2. The summed E-state index contributed by atoms with van der Waals surface area (Å²) < 4.78 is 5.06. The van der Waals surface area contributed by atoms with Gasteiger partial charge in [-0.1, -0.05) is 13.8 Å². The summed E-state index contributed by atoms with van der Waals surface area (Å²) in [5, 5.41) is 5.98. The summed E-state index contributed by atoms with van der Waals surface area (Å²) in [7, 11) is 3.44. The van der Waals surface area contributed by atoms with E-state index < -0.39 is 12.0 Å². The lowest BCUT2D eigenvalue weighted by molar-refractivity contribution is -0.132. The molecule has 176 valence electrons. The number of rotatable bonds is 19. The summed E-state index contributed by atoms with van der Waals surface area (Å²) in [5.41, 5.74) is 5.53. The molecule has 0 saturated carbocycles. The molecule has 0 aromatic carbocycles. The smallest absolute Gasteiger partial charge is 0.224 e. The van der Waals surface area contributed by atoms with Gasteiger partial charge in [-0.05, 0) is 64.3 Å². The quantitative estimate of drug-likeness (QED) is 0.261. The number of hydrogen-bond acceptors (Lipinski definition) is 7. The van der Waals surface area contributed by atoms with Gasteiger partial charge < -0.3 is 21.1 Å². The van der Waals surface area contributed by atoms with E-state index in [9.17, 15) is 14.4 Å². The van der Waals surface area contributed by atoms with E-state index in [2.05, 4.69) is 24.5 Å². The lowest BCUT2D eigenvalue weighted by Crippen LogP contribution is -2.45. The third-order valence-corrected chi connectivity index (χ3v) is 6.04. The van der Waals surface area contributed by atoms with Crippen LogP contribution >= 0.6 is 11.8 Å². The highest BCUT2D eigenvalue weighted by Gasteiger charge is 2.28. The van der Waals surface area contributed by atoms with E-state index in [0.29, 0.717) is 31.9 Å². The number of amides is 1. The lowest BCUT2D eigenvalue weighted by Gasteiger charge is -2.23. The van der Waals surface area contributed by atoms with Crippen molar-refractivity contribution in [1.82, 2.24) is 10.6 Å². The highest BCUT2D eigenvalue weighted by molar-refractivity contribution is 7.99. The molecule has 30 heavy (non-hydrogen) atoms. The second kappa shape index (κ2) is 17.7. The molecule has 0 aliphatic heterocycles. The number of carbonyl (C=O) groups excluding carboxylic acids is 3. The average Bonchev–Trinajstić information content (AvgIpc) is 2.69. The Morgan fingerprint density at radius 1 is 1.07 bits per heavy atom. The van der Waals surface area contributed by atoms with Crippen molar-refractivity contribution in [2.24, 2.45) is 17.6 Å². The number of likely N-dealkylation sites (N-methyl/N-ethyl adjacent to an activating group) is 1. The van der Waals surface area contributed by atoms with Crippen LogP contribution in [0.2, 0.25) is 0 Å². The third kappa shape index (κ3) is 13.4. The molecule has 1 unspecified atom stereocenters. The van der Waals surface area contributed by atoms with Crippen LogP contribution in [0.1, 0.15) is 59.3 Å². The summed E-state index contributed by atoms with van der Waals surface area (Å²) in [6.07, 6.45) is 3.69. The van der Waals surface area contributed by atoms with E-state index in [-0.39, 0.29) is 29.9 Å². The van der Waals surface area contributed by atoms with E-state index in [1.165, 1.54) is 6.92 Å². The number of methoxy groups -OCH3 is 1. The van der Waals surface area contributed by atoms with Gasteiger partial charge in [0.1, 0.15) is 0 Å². The zero-order chi connectivity index (χ0) is 22.9. The molecule has 7 nitrogen and oxygen atoms in total. The Hall–Kier alpha value is -0.960. The second-order valence-electron chi connectivity index (χ2n) is 8.19. The maximum atomic E-state index is 13.0. The van der Waals surface area contributed by atoms with Crippen molar-refractivity contribution in [3.05, 3.63) is 0 Å². The van der Waals surface area contributed by atoms with Crippen LogP contribution in [-0.2, 0) is 19.1 Å². The molecule has 1 amide bonds. The molecule has 8 heteroatoms. The zero-order valence-corrected chi connectivity index (χ0v) is 20.3. The Labute approximate surface area is 187 Å². The minimum atomic E-state index is -0.515. The number of Topliss-reactive ketones (excluding diaryl/α,β-unsaturated/α-hetero) is 2. The van der Waals surface area contributed by atoms with Crippen molar-refractivity contribution in [2.75, 3.05) is 38.8 Å². The van der Waals surface area contributed by atoms with Crippen molar-refractivity contribution in [3.8, 4) is 0 Å². The van der Waals surface area contributed by atoms with Crippen LogP contribution in [0.4, 0.5) is 0 Å². The molecule has 0 radical (unpaired) electrons. The summed E-state index contributed by atoms with van der Waals surface area (Å²) in [5.74, 6) is 1.34. The van der Waals surface area contributed by atoms with Crippen LogP contribution in [0.15, 0.2) is 0 Å². The lowest BCUT2D eigenvalue weighted by atomic mass is 9.91. The van der Waals surface area contributed by atoms with Gasteiger partial charge in [0, 0.05) is 25.2 Å². The number of ether oxygens (including phenoxy) is 1. The van der Waals surface area contributed by atoms with Crippen LogP contribution in [0.25, 0.3) is 0 Å². The molecule has 0 spiro atoms. The van der Waals surface area contributed by atoms with Gasteiger partial charge in [-0.15, -0.1) is 0 Å². The van der Waals surface area contributed by atoms with E-state index in [1.807, 2.05) is 0 Å². The first-order valence-corrected chi connectivity index (χ1v) is 12.2. The number of unbranched alkanes of at least 4 members (excludes halogenated alkanes) is 1. The number of ketones is 2. The number of hydrogen-bond donors (Lipinski definition) is 3. The third-order valence-electron chi connectivity index (χ3n) is 5.06. The molecule has 0 saturated heterocycles. The standard InChI is InChI=1S/C22H43N3O4S/c1-16(2)14-20(24-4)21(27)15-18(9-12-30-13-11-29-5)22(28)25-19(17(3)26)8-6-7-10-23/h16,18-20,24H,6-15,23H2,1-5H3,(H,25,28)/t18?,19-,20-/m0/s1. The molecule has 0 rings (SSSR count). The van der Waals surface area contributed by atoms with Crippen LogP contribution in [-0.4, -0.2) is 68.4 Å². The van der Waals surface area contributed by atoms with Gasteiger partial charge in [0.05, 0.1) is 18.7 Å². The predicted octanol–water partition coefficient (Wildman–Crippen LogP) is 2.17. The van der Waals surface area contributed by atoms with Crippen LogP contribution in [0.3, 0.4) is 0 Å². The van der Waals surface area contributed by atoms with E-state index in [4.69, 9.17) is 10.5 Å². The SMILES string of the molecule is CN[C@@H](CC(C)C)C(=O)CC(CCSCCOC)C(=O)N[C@@H](CCCCN)C(C)=O. The maximum Gasteiger partial charge on any atom is 0.224 e. The van der Waals surface area contributed by atoms with Gasteiger partial charge in [-0.25, -0.2) is 0 Å². The van der Waals surface area contributed by atoms with Crippen molar-refractivity contribution in [3.63, 3.8) is 0 Å². The molecule has 0 aromatic rings. The molecule has 0 aromatic heterocycles. The highest BCUT2D eigenvalue weighted by atomic mass is 32.2. The molecule has 0 aliphatic rings. The molecule has 3 atom stereocenters. The summed E-state index contributed by atoms with van der Waals surface area (Å²) in [6, 6.07) is -0.770. The van der Waals surface area contributed by atoms with Gasteiger partial charge in [0.15, 0.2) is 11.6 Å². The maximum absolute atomic E-state index is 13.0. The highest BCUT2D eigenvalue weighted by Crippen LogP contribution is 2.18. The molecule has 4 N–H and O–H groups in total. The fraction of sp³-hybridized carbons (Fsp3) is 0.864. The summed E-state index contributed by atoms with van der Waals surface area (Å²) in [4.78, 5) is 37.8. The van der Waals surface area contributed by atoms with Crippen molar-refractivity contribution >= 4 is 29.2 Å². The summed E-state index contributed by atoms with van der Waals surface area (Å²) in [6.45, 7) is 6.87. The largest absolute Gasteiger partial charge is 0.384 e. The van der Waals surface area contributed by atoms with Crippen molar-refractivity contribution in [2.45, 2.75) is 71.4 Å². The first-order valence-electron chi connectivity index (χ1n) is 11.0. The molecule has 0 fully saturated rings. The van der Waals surface area contributed by atoms with Crippen LogP contribution < -0.4 is 16.4 Å². The van der Waals surface area contributed by atoms with E-state index in [0.717, 1.165) is 30.8 Å². The Morgan fingerprint density at radius 2 is 1.77 bits per heavy atom. The topological polar surface area (TPSA) is 111 Å². The van der Waals surface area contributed by atoms with Gasteiger partial charge in [0.2, 0.25) is 5.91 Å². The number of thioether (sulfide) groups is 1. The average molecular weight is 446 g/mol. The normalized spacial score (nSPS) is 14.4. The number of carbonyl (C=O) groups is 3. The second-order valence-corrected chi connectivity index (χ2v) is 9.41. The zero-order valence-electron chi connectivity index (χ0n) is 19.5. The fourth-order valence-corrected chi connectivity index (χ4v) is 4.16. The molecule has 0 bridgehead atoms. The van der Waals surface area contributed by atoms with Gasteiger partial charge in [-0.3, -0.25) is 14.4 Å². The van der Waals surface area contributed by atoms with Crippen LogP contribution in [0, 0.1) is 11.8 Å². The van der Waals surface area contributed by atoms with Crippen LogP contribution in [0.5, 0.6) is 0 Å². The number of nitrogens with two attached hydrogens (primary N) is 1. The minimum Gasteiger partial charge on any atom is -0.384 e.